The van der Waals surface area contributed by atoms with E-state index in [2.05, 4.69) is 0 Å². The van der Waals surface area contributed by atoms with Crippen LogP contribution in [-0.2, 0) is 10.4 Å². The lowest BCUT2D eigenvalue weighted by atomic mass is 9.88. The Balaban J connectivity index is 2.73. The number of nitrogens with two attached hydrogens (primary N) is 1. The maximum absolute atomic E-state index is 11.2. The first kappa shape index (κ1) is 13.7. The largest absolute Gasteiger partial charge is 0.479 e. The maximum atomic E-state index is 11.2. The van der Waals surface area contributed by atoms with Gasteiger partial charge >= 0.3 is 5.97 Å². The second-order valence-corrected chi connectivity index (χ2v) is 4.13. The van der Waals surface area contributed by atoms with Crippen molar-refractivity contribution in [1.29, 1.82) is 0 Å². The van der Waals surface area contributed by atoms with Crippen LogP contribution in [0.1, 0.15) is 31.2 Å². The predicted molar refractivity (Wildman–Crippen MR) is 65.5 cm³/mol. The molecule has 0 aliphatic heterocycles. The Morgan fingerprint density at radius 3 is 2.35 bits per heavy atom. The lowest BCUT2D eigenvalue weighted by Crippen LogP contribution is -2.35. The van der Waals surface area contributed by atoms with Crippen LogP contribution < -0.4 is 5.73 Å². The van der Waals surface area contributed by atoms with Crippen molar-refractivity contribution in [3.05, 3.63) is 35.9 Å². The summed E-state index contributed by atoms with van der Waals surface area (Å²) in [6.45, 7) is 0.594. The second kappa shape index (κ2) is 6.37. The molecule has 1 atom stereocenters. The minimum absolute atomic E-state index is 0.215. The number of aliphatic hydroxyl groups is 1. The van der Waals surface area contributed by atoms with Gasteiger partial charge in [-0.25, -0.2) is 4.79 Å². The van der Waals surface area contributed by atoms with E-state index < -0.39 is 11.6 Å². The van der Waals surface area contributed by atoms with E-state index in [9.17, 15) is 9.90 Å². The topological polar surface area (TPSA) is 83.5 Å². The molecule has 0 saturated carbocycles. The molecule has 0 saturated heterocycles. The fourth-order valence-electron chi connectivity index (χ4n) is 1.79. The van der Waals surface area contributed by atoms with Crippen molar-refractivity contribution in [2.45, 2.75) is 31.3 Å². The summed E-state index contributed by atoms with van der Waals surface area (Å²) in [5.74, 6) is -1.20. The number of carboxylic acid groups (broad SMARTS) is 1. The van der Waals surface area contributed by atoms with E-state index in [4.69, 9.17) is 10.8 Å². The molecule has 0 unspecified atom stereocenters. The Kier molecular flexibility index (Phi) is 5.12. The first-order chi connectivity index (χ1) is 8.11. The van der Waals surface area contributed by atoms with Crippen LogP contribution in [0.25, 0.3) is 0 Å². The lowest BCUT2D eigenvalue weighted by molar-refractivity contribution is -0.160. The van der Waals surface area contributed by atoms with Crippen LogP contribution in [-0.4, -0.2) is 22.7 Å². The van der Waals surface area contributed by atoms with Crippen LogP contribution in [0, 0.1) is 0 Å². The summed E-state index contributed by atoms with van der Waals surface area (Å²) < 4.78 is 0. The van der Waals surface area contributed by atoms with Gasteiger partial charge in [0, 0.05) is 0 Å². The molecule has 4 nitrogen and oxygen atoms in total. The van der Waals surface area contributed by atoms with E-state index in [1.54, 1.807) is 30.3 Å². The number of unbranched alkanes of at least 4 members (excludes halogenated alkanes) is 2. The number of carboxylic acids is 1. The molecule has 0 radical (unpaired) electrons. The van der Waals surface area contributed by atoms with Gasteiger partial charge in [-0.05, 0) is 31.4 Å². The van der Waals surface area contributed by atoms with Gasteiger partial charge in [-0.15, -0.1) is 0 Å². The monoisotopic (exact) mass is 237 g/mol. The van der Waals surface area contributed by atoms with Crippen molar-refractivity contribution in [2.75, 3.05) is 6.54 Å². The van der Waals surface area contributed by atoms with Crippen molar-refractivity contribution in [3.63, 3.8) is 0 Å². The van der Waals surface area contributed by atoms with E-state index in [0.29, 0.717) is 18.5 Å². The standard InChI is InChI=1S/C13H19NO3/c14-10-6-2-5-9-13(17,12(15)16)11-7-3-1-4-8-11/h1,3-4,7-8,17H,2,5-6,9-10,14H2,(H,15,16)/t13-/m0/s1. The van der Waals surface area contributed by atoms with Gasteiger partial charge in [-0.3, -0.25) is 0 Å². The van der Waals surface area contributed by atoms with Gasteiger partial charge < -0.3 is 15.9 Å². The summed E-state index contributed by atoms with van der Waals surface area (Å²) in [4.78, 5) is 11.2. The number of carbonyl (C=O) groups is 1. The van der Waals surface area contributed by atoms with Gasteiger partial charge in [0.15, 0.2) is 5.60 Å². The van der Waals surface area contributed by atoms with E-state index >= 15 is 0 Å². The van der Waals surface area contributed by atoms with Crippen LogP contribution in [0.2, 0.25) is 0 Å². The highest BCUT2D eigenvalue weighted by molar-refractivity contribution is 5.79. The van der Waals surface area contributed by atoms with Gasteiger partial charge in [-0.2, -0.15) is 0 Å². The summed E-state index contributed by atoms with van der Waals surface area (Å²) in [6.07, 6.45) is 2.55. The molecule has 0 spiro atoms. The molecule has 1 aromatic carbocycles. The molecule has 94 valence electrons. The average molecular weight is 237 g/mol. The zero-order valence-corrected chi connectivity index (χ0v) is 9.80. The van der Waals surface area contributed by atoms with E-state index in [-0.39, 0.29) is 6.42 Å². The maximum Gasteiger partial charge on any atom is 0.340 e. The Morgan fingerprint density at radius 1 is 1.18 bits per heavy atom. The van der Waals surface area contributed by atoms with E-state index in [0.717, 1.165) is 12.8 Å². The molecule has 4 heteroatoms. The predicted octanol–water partition coefficient (Wildman–Crippen LogP) is 1.48. The Hall–Kier alpha value is -1.39. The second-order valence-electron chi connectivity index (χ2n) is 4.13. The minimum Gasteiger partial charge on any atom is -0.479 e. The third-order valence-electron chi connectivity index (χ3n) is 2.85. The Labute approximate surface area is 101 Å². The quantitative estimate of drug-likeness (QED) is 0.627. The minimum atomic E-state index is -1.78. The van der Waals surface area contributed by atoms with Crippen LogP contribution in [0.4, 0.5) is 0 Å². The van der Waals surface area contributed by atoms with Gasteiger partial charge in [-0.1, -0.05) is 36.8 Å². The van der Waals surface area contributed by atoms with E-state index in [1.165, 1.54) is 0 Å². The molecule has 1 rings (SSSR count). The smallest absolute Gasteiger partial charge is 0.340 e. The summed E-state index contributed by atoms with van der Waals surface area (Å²) in [5.41, 5.74) is 4.02. The molecule has 17 heavy (non-hydrogen) atoms. The molecular weight excluding hydrogens is 218 g/mol. The Morgan fingerprint density at radius 2 is 1.82 bits per heavy atom. The van der Waals surface area contributed by atoms with Crippen molar-refractivity contribution >= 4 is 5.97 Å². The molecule has 1 aromatic rings. The van der Waals surface area contributed by atoms with Gasteiger partial charge in [0.1, 0.15) is 0 Å². The molecular formula is C13H19NO3. The first-order valence-electron chi connectivity index (χ1n) is 5.82. The SMILES string of the molecule is NCCCCC[C@@](O)(C(=O)O)c1ccccc1. The molecule has 0 amide bonds. The third-order valence-corrected chi connectivity index (χ3v) is 2.85. The fraction of sp³-hybridized carbons (Fsp3) is 0.462. The number of rotatable bonds is 7. The third kappa shape index (κ3) is 3.54. The van der Waals surface area contributed by atoms with Crippen molar-refractivity contribution in [2.24, 2.45) is 5.73 Å². The van der Waals surface area contributed by atoms with Crippen LogP contribution in [0.3, 0.4) is 0 Å². The van der Waals surface area contributed by atoms with Crippen molar-refractivity contribution in [3.8, 4) is 0 Å². The summed E-state index contributed by atoms with van der Waals surface area (Å²) in [5, 5.41) is 19.4. The van der Waals surface area contributed by atoms with Crippen molar-refractivity contribution < 1.29 is 15.0 Å². The summed E-state index contributed by atoms with van der Waals surface area (Å²) >= 11 is 0. The molecule has 0 bridgehead atoms. The van der Waals surface area contributed by atoms with Crippen LogP contribution in [0.15, 0.2) is 30.3 Å². The molecule has 0 aliphatic rings. The van der Waals surface area contributed by atoms with E-state index in [1.807, 2.05) is 0 Å². The van der Waals surface area contributed by atoms with Gasteiger partial charge in [0.2, 0.25) is 0 Å². The lowest BCUT2D eigenvalue weighted by Gasteiger charge is -2.23. The van der Waals surface area contributed by atoms with Crippen molar-refractivity contribution in [1.82, 2.24) is 0 Å². The summed E-state index contributed by atoms with van der Waals surface area (Å²) in [6, 6.07) is 8.51. The number of benzene rings is 1. The highest BCUT2D eigenvalue weighted by Crippen LogP contribution is 2.27. The highest BCUT2D eigenvalue weighted by Gasteiger charge is 2.36. The van der Waals surface area contributed by atoms with Gasteiger partial charge in [0.05, 0.1) is 0 Å². The molecule has 0 aromatic heterocycles. The van der Waals surface area contributed by atoms with Gasteiger partial charge in [0.25, 0.3) is 0 Å². The average Bonchev–Trinajstić information content (AvgIpc) is 2.35. The zero-order chi connectivity index (χ0) is 12.7. The molecule has 0 aliphatic carbocycles. The highest BCUT2D eigenvalue weighted by atomic mass is 16.4. The molecule has 0 heterocycles. The Bertz CT molecular complexity index is 353. The number of hydrogen-bond donors (Lipinski definition) is 3. The molecule has 0 fully saturated rings. The molecule has 4 N–H and O–H groups in total. The normalized spacial score (nSPS) is 14.2. The summed E-state index contributed by atoms with van der Waals surface area (Å²) in [7, 11) is 0. The first-order valence-corrected chi connectivity index (χ1v) is 5.82. The number of hydrogen-bond acceptors (Lipinski definition) is 3. The van der Waals surface area contributed by atoms with Crippen LogP contribution in [0.5, 0.6) is 0 Å². The fourth-order valence-corrected chi connectivity index (χ4v) is 1.79. The number of aliphatic carboxylic acids is 1. The zero-order valence-electron chi connectivity index (χ0n) is 9.80. The van der Waals surface area contributed by atoms with Crippen LogP contribution >= 0.6 is 0 Å².